The molecular formula is C99H153N5O15. The van der Waals surface area contributed by atoms with Crippen molar-refractivity contribution in [3.63, 3.8) is 0 Å². The fourth-order valence-corrected chi connectivity index (χ4v) is 14.3. The molecule has 20 nitrogen and oxygen atoms in total. The van der Waals surface area contributed by atoms with Crippen molar-refractivity contribution in [1.29, 1.82) is 0 Å². The Bertz CT molecular complexity index is 7430. The summed E-state index contributed by atoms with van der Waals surface area (Å²) in [4.78, 5) is 4.58. The molecule has 119 heavy (non-hydrogen) atoms. The molecule has 10 aliphatic rings. The molecule has 5 N–H and O–H groups in total. The Morgan fingerprint density at radius 1 is 0.336 bits per heavy atom. The Balaban J connectivity index is 0.000000225. The van der Waals surface area contributed by atoms with E-state index in [2.05, 4.69) is 0 Å². The molecule has 5 saturated heterocycles. The molecule has 20 heteroatoms. The molecule has 664 valence electrons. The standard InChI is InChI=1S/4C20H31NO3.C19H29NO3/c4*1-20(2,3)11-14-12-21-7-6-13-8-18(23-4)19(24-5)9-15(13)16(21)10-17(14)22;1-12(2)7-14-11-20-6-5-13-8-18(22-3)19(23-4)9-15(13)16(20)10-17(14)21/h4*8-9,14,16-17,22H,6-7,10-12H2,1-5H3;8-9,12,14,16-17,21H,5-7,10-11H2,1-4H3/i2*1D3,2D3,5D3,8D,9D,10D2,11D2,14D,16D,17D;2*1D3,2D3,8D,9D,10D2,11D2,14D,16D,17D;4D3,8D,9D,10D2,14D,16D,17D. The first kappa shape index (κ1) is 35.6. The monoisotopic (exact) mass is 1730 g/mol. The first-order valence-electron chi connectivity index (χ1n) is 75.4. The van der Waals surface area contributed by atoms with Crippen molar-refractivity contribution < 1.29 is 177 Å². The zero-order valence-corrected chi connectivity index (χ0v) is 67.9. The van der Waals surface area contributed by atoms with Gasteiger partial charge in [-0.15, -0.1) is 0 Å². The third kappa shape index (κ3) is 22.8. The van der Waals surface area contributed by atoms with E-state index in [9.17, 15) is 32.4 Å². The van der Waals surface area contributed by atoms with Crippen LogP contribution in [0, 0.1) is 57.0 Å². The molecule has 0 amide bonds. The van der Waals surface area contributed by atoms with Gasteiger partial charge in [-0.3, -0.25) is 24.5 Å². The predicted molar refractivity (Wildman–Crippen MR) is 474 cm³/mol. The molecule has 5 fully saturated rings. The van der Waals surface area contributed by atoms with Crippen molar-refractivity contribution in [3.05, 3.63) is 116 Å². The largest absolute Gasteiger partial charge is 0.493 e. The molecule has 10 heterocycles. The van der Waals surface area contributed by atoms with Crippen LogP contribution in [0.1, 0.15) is 350 Å². The van der Waals surface area contributed by atoms with Crippen LogP contribution in [-0.4, -0.2) is 217 Å². The van der Waals surface area contributed by atoms with Gasteiger partial charge in [-0.2, -0.15) is 0 Å². The van der Waals surface area contributed by atoms with Gasteiger partial charge in [0.25, 0.3) is 0 Å². The molecule has 15 unspecified atom stereocenters. The fraction of sp³-hybridized carbons (Fsp3) is 0.697. The van der Waals surface area contributed by atoms with Crippen molar-refractivity contribution >= 4 is 0 Å². The SMILES string of the molecule is [2H]c1c2c(c([2H])c(OC([2H])([2H])[2H])c1OC)C1([2H])N(CC2)CC([2H])(C([2H])([2H])C(C)(C([2H])([2H])[2H])C([2H])([2H])[2H])C([2H])(O)C1([2H])[2H].[2H]c1c2c(c([2H])c(OC([2H])([2H])[2H])c1OC)C1([2H])N(CC2)CC([2H])(C([2H])([2H])C(C)(C([2H])([2H])[2H])C([2H])([2H])[2H])C([2H])(O)C1([2H])[2H].[2H]c1c2c(c([2H])c(OC([2H])([2H])[2H])c1OC)C1([2H])N(CC2)CC([2H])(CC(C)C)C([2H])(O)C1([2H])[2H].[2H]c1c2c(c([2H])c(OC)c1OC)C1([2H])N(CC2)CC([2H])(C([2H])([2H])C(C)(C([2H])([2H])[2H])C([2H])([2H])[2H])C([2H])(O)C1([2H])[2H].[2H]c1c2c(c([2H])c(OC)c1OC)C1([2H])N(CC2)CC([2H])(C([2H])([2H])C(C)(C([2H])([2H])[2H])C([2H])([2H])[2H])C([2H])(O)C1([2H])[2H]. The van der Waals surface area contributed by atoms with Crippen LogP contribution in [0.25, 0.3) is 0 Å². The minimum Gasteiger partial charge on any atom is -0.493 e. The van der Waals surface area contributed by atoms with Gasteiger partial charge in [0.2, 0.25) is 0 Å². The van der Waals surface area contributed by atoms with E-state index in [0.29, 0.717) is 27.7 Å². The summed E-state index contributed by atoms with van der Waals surface area (Å²) in [5.74, 6) is -20.9. The van der Waals surface area contributed by atoms with Crippen LogP contribution in [0.2, 0.25) is 0 Å². The van der Waals surface area contributed by atoms with Crippen molar-refractivity contribution in [3.8, 4) is 57.5 Å². The average Bonchev–Trinajstić information content (AvgIpc) is 0.671. The highest BCUT2D eigenvalue weighted by Gasteiger charge is 2.46. The first-order chi connectivity index (χ1) is 86.3. The summed E-state index contributed by atoms with van der Waals surface area (Å²) in [5, 5.41) is 57.0. The lowest BCUT2D eigenvalue weighted by atomic mass is 9.75. The Labute approximate surface area is 821 Å². The smallest absolute Gasteiger partial charge is 0.161 e. The summed E-state index contributed by atoms with van der Waals surface area (Å²) in [6, 6.07) is -20.3. The second-order valence-electron chi connectivity index (χ2n) is 29.6. The van der Waals surface area contributed by atoms with Crippen molar-refractivity contribution in [2.24, 2.45) is 57.0 Å². The molecule has 0 saturated carbocycles. The number of hydrogen-bond donors (Lipinski definition) is 5. The van der Waals surface area contributed by atoms with E-state index < -0.39 is 377 Å². The lowest BCUT2D eigenvalue weighted by Gasteiger charge is -2.47. The average molecular weight is 1730 g/mol. The molecule has 15 atom stereocenters. The van der Waals surface area contributed by atoms with Crippen molar-refractivity contribution in [1.82, 2.24) is 24.5 Å². The van der Waals surface area contributed by atoms with Gasteiger partial charge in [-0.1, -0.05) is 96.4 Å². The maximum Gasteiger partial charge on any atom is 0.161 e. The molecular weight excluding hydrogens is 1500 g/mol. The summed E-state index contributed by atoms with van der Waals surface area (Å²) in [7, 11) is -1.36. The van der Waals surface area contributed by atoms with Gasteiger partial charge < -0.3 is 72.9 Å². The Kier molecular flexibility index (Phi) is 11.9. The Morgan fingerprint density at radius 2 is 0.521 bits per heavy atom. The van der Waals surface area contributed by atoms with Crippen LogP contribution in [0.5, 0.6) is 57.5 Å². The lowest BCUT2D eigenvalue weighted by molar-refractivity contribution is -0.0259. The van der Waals surface area contributed by atoms with E-state index >= 15 is 0 Å². The molecule has 15 rings (SSSR count). The van der Waals surface area contributed by atoms with E-state index in [1.54, 1.807) is 13.8 Å². The van der Waals surface area contributed by atoms with Gasteiger partial charge in [0.05, 0.1) is 141 Å². The van der Waals surface area contributed by atoms with E-state index in [-0.39, 0.29) is 151 Å². The summed E-state index contributed by atoms with van der Waals surface area (Å²) >= 11 is 0. The molecule has 5 aromatic rings. The van der Waals surface area contributed by atoms with Crippen LogP contribution in [-0.2, 0) is 32.1 Å². The minimum atomic E-state index is -4.08. The number of nitrogens with zero attached hydrogens (tertiary/aromatic N) is 5. The number of benzene rings is 5. The molecule has 0 spiro atoms. The summed E-state index contributed by atoms with van der Waals surface area (Å²) < 4.78 is 686. The van der Waals surface area contributed by atoms with Crippen LogP contribution < -0.4 is 47.4 Å². The second kappa shape index (κ2) is 39.7. The zero-order chi connectivity index (χ0) is 153. The van der Waals surface area contributed by atoms with E-state index in [0.717, 1.165) is 48.0 Å². The third-order valence-corrected chi connectivity index (χ3v) is 19.4. The maximum atomic E-state index is 11.5. The summed E-state index contributed by atoms with van der Waals surface area (Å²) in [6.07, 6.45) is -53.1. The number of ether oxygens (including phenoxy) is 10. The number of aliphatic hydroxyl groups is 5. The normalized spacial score (nSPS) is 49.7. The second-order valence-corrected chi connectivity index (χ2v) is 29.6. The highest BCUT2D eigenvalue weighted by atomic mass is 16.5. The summed E-state index contributed by atoms with van der Waals surface area (Å²) in [6.45, 7) is -30.0. The van der Waals surface area contributed by atoms with E-state index in [4.69, 9.17) is 145 Å². The van der Waals surface area contributed by atoms with Gasteiger partial charge in [-0.05, 0) is 269 Å². The van der Waals surface area contributed by atoms with Gasteiger partial charge in [-0.25, -0.2) is 0 Å². The number of piperidine rings is 5. The minimum absolute atomic E-state index is 0.000599. The van der Waals surface area contributed by atoms with Crippen molar-refractivity contribution in [2.45, 2.75) is 253 Å². The van der Waals surface area contributed by atoms with Gasteiger partial charge >= 0.3 is 0 Å². The predicted octanol–water partition coefficient (Wildman–Crippen LogP) is 16.7. The number of rotatable bonds is 16. The molecule has 0 aromatic heterocycles. The molecule has 0 radical (unpaired) electrons. The van der Waals surface area contributed by atoms with Crippen LogP contribution >= 0.6 is 0 Å². The maximum absolute atomic E-state index is 11.5. The quantitative estimate of drug-likeness (QED) is 0.0622. The zero-order valence-electron chi connectivity index (χ0n) is 144. The number of hydrogen-bond acceptors (Lipinski definition) is 20. The van der Waals surface area contributed by atoms with Crippen LogP contribution in [0.4, 0.5) is 0 Å². The summed E-state index contributed by atoms with van der Waals surface area (Å²) in [5.41, 5.74) is -16.7. The van der Waals surface area contributed by atoms with Crippen LogP contribution in [0.3, 0.4) is 0 Å². The van der Waals surface area contributed by atoms with Gasteiger partial charge in [0.1, 0.15) is 0 Å². The fourth-order valence-electron chi connectivity index (χ4n) is 14.3. The molecule has 0 bridgehead atoms. The Morgan fingerprint density at radius 3 is 0.706 bits per heavy atom. The van der Waals surface area contributed by atoms with E-state index in [1.165, 1.54) is 26.2 Å². The van der Waals surface area contributed by atoms with Crippen molar-refractivity contribution in [2.75, 3.05) is 136 Å². The third-order valence-electron chi connectivity index (χ3n) is 19.4. The molecule has 10 aliphatic heterocycles. The number of methoxy groups -OCH3 is 10. The topological polar surface area (TPSA) is 210 Å². The van der Waals surface area contributed by atoms with Gasteiger partial charge in [0, 0.05) is 160 Å². The Hall–Kier alpha value is -6.30. The number of fused-ring (bicyclic) bond motifs is 15. The lowest BCUT2D eigenvalue weighted by Crippen LogP contribution is -2.48. The van der Waals surface area contributed by atoms with Gasteiger partial charge in [0.15, 0.2) is 57.5 Å². The molecule has 0 aliphatic carbocycles. The van der Waals surface area contributed by atoms with Crippen LogP contribution in [0.15, 0.2) is 60.4 Å². The highest BCUT2D eigenvalue weighted by molar-refractivity contribution is 5.54. The van der Waals surface area contributed by atoms with E-state index in [1.807, 2.05) is 0 Å². The highest BCUT2D eigenvalue weighted by Crippen LogP contribution is 2.52. The molecule has 5 aromatic carbocycles. The first-order valence-corrected chi connectivity index (χ1v) is 37.4.